The predicted molar refractivity (Wildman–Crippen MR) is 76.9 cm³/mol. The Balaban J connectivity index is 2.14. The zero-order valence-electron chi connectivity index (χ0n) is 10.8. The summed E-state index contributed by atoms with van der Waals surface area (Å²) in [6.45, 7) is 2.96. The van der Waals surface area contributed by atoms with Crippen LogP contribution in [0.4, 0.5) is 0 Å². The summed E-state index contributed by atoms with van der Waals surface area (Å²) in [5, 5.41) is 11.5. The van der Waals surface area contributed by atoms with Crippen molar-refractivity contribution in [1.82, 2.24) is 5.32 Å². The van der Waals surface area contributed by atoms with Crippen molar-refractivity contribution in [3.05, 3.63) is 35.4 Å². The Hall–Kier alpha value is -1.00. The fourth-order valence-corrected chi connectivity index (χ4v) is 2.39. The van der Waals surface area contributed by atoms with Gasteiger partial charge in [-0.05, 0) is 24.7 Å². The topological polar surface area (TPSA) is 49.3 Å². The summed E-state index contributed by atoms with van der Waals surface area (Å²) in [5.74, 6) is 1.92. The van der Waals surface area contributed by atoms with Crippen LogP contribution in [0.1, 0.15) is 17.5 Å². The van der Waals surface area contributed by atoms with Gasteiger partial charge >= 0.3 is 0 Å². The lowest BCUT2D eigenvalue weighted by Crippen LogP contribution is -2.27. The minimum Gasteiger partial charge on any atom is -0.396 e. The van der Waals surface area contributed by atoms with Crippen molar-refractivity contribution in [3.63, 3.8) is 0 Å². The van der Waals surface area contributed by atoms with E-state index in [1.54, 1.807) is 11.8 Å². The number of hydrogen-bond acceptors (Lipinski definition) is 3. The van der Waals surface area contributed by atoms with E-state index in [-0.39, 0.29) is 12.5 Å². The molecule has 0 radical (unpaired) electrons. The molecule has 1 rings (SSSR count). The van der Waals surface area contributed by atoms with Gasteiger partial charge in [-0.1, -0.05) is 29.8 Å². The molecule has 4 heteroatoms. The molecule has 0 aliphatic heterocycles. The summed E-state index contributed by atoms with van der Waals surface area (Å²) in [6, 6.07) is 8.01. The Labute approximate surface area is 113 Å². The number of aryl methyl sites for hydroxylation is 1. The Morgan fingerprint density at radius 3 is 2.94 bits per heavy atom. The zero-order chi connectivity index (χ0) is 13.2. The maximum absolute atomic E-state index is 11.7. The van der Waals surface area contributed by atoms with E-state index in [4.69, 9.17) is 5.11 Å². The number of aliphatic hydroxyl groups is 1. The van der Waals surface area contributed by atoms with Gasteiger partial charge in [0, 0.05) is 18.9 Å². The summed E-state index contributed by atoms with van der Waals surface area (Å²) in [7, 11) is 0. The highest BCUT2D eigenvalue weighted by Crippen LogP contribution is 2.04. The third-order valence-corrected chi connectivity index (χ3v) is 3.53. The van der Waals surface area contributed by atoms with E-state index in [1.807, 2.05) is 31.2 Å². The van der Waals surface area contributed by atoms with E-state index in [0.717, 1.165) is 23.5 Å². The van der Waals surface area contributed by atoms with Crippen molar-refractivity contribution in [1.29, 1.82) is 0 Å². The van der Waals surface area contributed by atoms with Crippen molar-refractivity contribution in [2.45, 2.75) is 19.8 Å². The van der Waals surface area contributed by atoms with E-state index in [1.165, 1.54) is 5.56 Å². The summed E-state index contributed by atoms with van der Waals surface area (Å²) in [5.41, 5.74) is 2.24. The summed E-state index contributed by atoms with van der Waals surface area (Å²) < 4.78 is 0. The first-order chi connectivity index (χ1) is 8.72. The molecule has 0 heterocycles. The maximum Gasteiger partial charge on any atom is 0.224 e. The van der Waals surface area contributed by atoms with Crippen LogP contribution in [0.25, 0.3) is 0 Å². The normalized spacial score (nSPS) is 10.3. The molecular formula is C14H21NO2S. The van der Waals surface area contributed by atoms with Gasteiger partial charge in [0.1, 0.15) is 0 Å². The summed E-state index contributed by atoms with van der Waals surface area (Å²) in [6.07, 6.45) is 1.27. The van der Waals surface area contributed by atoms with Crippen LogP contribution in [-0.2, 0) is 11.2 Å². The molecule has 0 fully saturated rings. The van der Waals surface area contributed by atoms with Crippen LogP contribution in [-0.4, -0.2) is 35.7 Å². The second-order valence-corrected chi connectivity index (χ2v) is 5.43. The second kappa shape index (κ2) is 9.00. The molecule has 0 unspecified atom stereocenters. The molecule has 1 aromatic rings. The largest absolute Gasteiger partial charge is 0.396 e. The monoisotopic (exact) mass is 267 g/mol. The zero-order valence-corrected chi connectivity index (χ0v) is 11.6. The lowest BCUT2D eigenvalue weighted by Gasteiger charge is -2.05. The van der Waals surface area contributed by atoms with Gasteiger partial charge < -0.3 is 10.4 Å². The fourth-order valence-electron chi connectivity index (χ4n) is 1.60. The minimum absolute atomic E-state index is 0.0726. The maximum atomic E-state index is 11.7. The third-order valence-electron chi connectivity index (χ3n) is 2.46. The number of carbonyl (C=O) groups is 1. The van der Waals surface area contributed by atoms with Gasteiger partial charge in [-0.3, -0.25) is 4.79 Å². The molecule has 2 N–H and O–H groups in total. The Morgan fingerprint density at radius 2 is 2.22 bits per heavy atom. The minimum atomic E-state index is 0.0726. The van der Waals surface area contributed by atoms with Gasteiger partial charge in [0.2, 0.25) is 5.91 Å². The molecule has 1 amide bonds. The molecular weight excluding hydrogens is 246 g/mol. The van der Waals surface area contributed by atoms with Crippen LogP contribution in [0, 0.1) is 6.92 Å². The quantitative estimate of drug-likeness (QED) is 0.706. The molecule has 0 atom stereocenters. The number of hydrogen-bond donors (Lipinski definition) is 2. The lowest BCUT2D eigenvalue weighted by atomic mass is 10.1. The van der Waals surface area contributed by atoms with Crippen LogP contribution in [0.5, 0.6) is 0 Å². The standard InChI is InChI=1S/C14H21NO2S/c1-12-4-2-5-13(10-12)11-14(17)15-6-9-18-8-3-7-16/h2,4-5,10,16H,3,6-9,11H2,1H3,(H,15,17). The average Bonchev–Trinajstić information content (AvgIpc) is 2.33. The van der Waals surface area contributed by atoms with Crippen molar-refractivity contribution >= 4 is 17.7 Å². The Morgan fingerprint density at radius 1 is 1.39 bits per heavy atom. The number of rotatable bonds is 8. The highest BCUT2D eigenvalue weighted by atomic mass is 32.2. The number of thioether (sulfide) groups is 1. The van der Waals surface area contributed by atoms with E-state index in [9.17, 15) is 4.79 Å². The second-order valence-electron chi connectivity index (χ2n) is 4.21. The van der Waals surface area contributed by atoms with Crippen molar-refractivity contribution in [3.8, 4) is 0 Å². The first kappa shape index (κ1) is 15.1. The van der Waals surface area contributed by atoms with E-state index < -0.39 is 0 Å². The van der Waals surface area contributed by atoms with Gasteiger partial charge in [-0.2, -0.15) is 11.8 Å². The molecule has 100 valence electrons. The van der Waals surface area contributed by atoms with E-state index in [0.29, 0.717) is 13.0 Å². The Bertz CT molecular complexity index is 369. The van der Waals surface area contributed by atoms with Crippen LogP contribution < -0.4 is 5.32 Å². The highest BCUT2D eigenvalue weighted by Gasteiger charge is 2.02. The van der Waals surface area contributed by atoms with Crippen LogP contribution in [0.2, 0.25) is 0 Å². The number of benzene rings is 1. The third kappa shape index (κ3) is 6.67. The number of amides is 1. The molecule has 0 aromatic heterocycles. The van der Waals surface area contributed by atoms with Gasteiger partial charge in [0.05, 0.1) is 6.42 Å². The lowest BCUT2D eigenvalue weighted by molar-refractivity contribution is -0.120. The highest BCUT2D eigenvalue weighted by molar-refractivity contribution is 7.99. The van der Waals surface area contributed by atoms with Crippen molar-refractivity contribution in [2.24, 2.45) is 0 Å². The van der Waals surface area contributed by atoms with Crippen LogP contribution in [0.3, 0.4) is 0 Å². The number of carbonyl (C=O) groups excluding carboxylic acids is 1. The van der Waals surface area contributed by atoms with Gasteiger partial charge in [0.15, 0.2) is 0 Å². The first-order valence-electron chi connectivity index (χ1n) is 6.23. The first-order valence-corrected chi connectivity index (χ1v) is 7.38. The van der Waals surface area contributed by atoms with Crippen molar-refractivity contribution in [2.75, 3.05) is 24.7 Å². The van der Waals surface area contributed by atoms with Crippen molar-refractivity contribution < 1.29 is 9.90 Å². The molecule has 0 spiro atoms. The molecule has 0 saturated heterocycles. The van der Waals surface area contributed by atoms with Crippen LogP contribution >= 0.6 is 11.8 Å². The summed E-state index contributed by atoms with van der Waals surface area (Å²) >= 11 is 1.75. The van der Waals surface area contributed by atoms with Gasteiger partial charge in [-0.15, -0.1) is 0 Å². The van der Waals surface area contributed by atoms with Crippen LogP contribution in [0.15, 0.2) is 24.3 Å². The number of nitrogens with one attached hydrogen (secondary N) is 1. The predicted octanol–water partition coefficient (Wildman–Crippen LogP) is 1.77. The molecule has 0 saturated carbocycles. The molecule has 0 aliphatic carbocycles. The average molecular weight is 267 g/mol. The van der Waals surface area contributed by atoms with E-state index >= 15 is 0 Å². The molecule has 18 heavy (non-hydrogen) atoms. The van der Waals surface area contributed by atoms with Gasteiger partial charge in [-0.25, -0.2) is 0 Å². The van der Waals surface area contributed by atoms with Gasteiger partial charge in [0.25, 0.3) is 0 Å². The summed E-state index contributed by atoms with van der Waals surface area (Å²) in [4.78, 5) is 11.7. The molecule has 0 aliphatic rings. The molecule has 1 aromatic carbocycles. The molecule has 0 bridgehead atoms. The smallest absolute Gasteiger partial charge is 0.224 e. The molecule has 3 nitrogen and oxygen atoms in total. The SMILES string of the molecule is Cc1cccc(CC(=O)NCCSCCCO)c1. The Kier molecular flexibility index (Phi) is 7.53. The van der Waals surface area contributed by atoms with E-state index in [2.05, 4.69) is 5.32 Å². The fraction of sp³-hybridized carbons (Fsp3) is 0.500. The number of aliphatic hydroxyl groups excluding tert-OH is 1.